The summed E-state index contributed by atoms with van der Waals surface area (Å²) in [5.74, 6) is -0.382. The van der Waals surface area contributed by atoms with Crippen molar-refractivity contribution in [2.75, 3.05) is 26.1 Å². The van der Waals surface area contributed by atoms with E-state index >= 15 is 0 Å². The van der Waals surface area contributed by atoms with E-state index in [1.807, 2.05) is 6.08 Å². The molecule has 2 aliphatic carbocycles. The van der Waals surface area contributed by atoms with Crippen molar-refractivity contribution in [3.63, 3.8) is 0 Å². The minimum Gasteiger partial charge on any atom is -0.497 e. The first-order valence-corrected chi connectivity index (χ1v) is 11.0. The van der Waals surface area contributed by atoms with E-state index in [9.17, 15) is 13.6 Å². The fraction of sp³-hybridized carbons (Fsp3) is 0.400. The van der Waals surface area contributed by atoms with Crippen molar-refractivity contribution in [2.24, 2.45) is 17.3 Å². The van der Waals surface area contributed by atoms with Crippen molar-refractivity contribution >= 4 is 11.6 Å². The number of hydrogen-bond acceptors (Lipinski definition) is 6. The molecule has 0 radical (unpaired) electrons. The van der Waals surface area contributed by atoms with Gasteiger partial charge in [0.15, 0.2) is 5.75 Å². The molecule has 7 nitrogen and oxygen atoms in total. The van der Waals surface area contributed by atoms with Gasteiger partial charge >= 0.3 is 0 Å². The van der Waals surface area contributed by atoms with E-state index in [0.29, 0.717) is 35.1 Å². The summed E-state index contributed by atoms with van der Waals surface area (Å²) in [6.07, 6.45) is 5.37. The molecule has 1 unspecified atom stereocenters. The number of aryl methyl sites for hydroxylation is 1. The molecular weight excluding hydrogens is 444 g/mol. The van der Waals surface area contributed by atoms with Crippen molar-refractivity contribution in [2.45, 2.75) is 26.4 Å². The lowest BCUT2D eigenvalue weighted by molar-refractivity contribution is -0.118. The predicted octanol–water partition coefficient (Wildman–Crippen LogP) is 4.50. The quantitative estimate of drug-likeness (QED) is 0.580. The van der Waals surface area contributed by atoms with Crippen molar-refractivity contribution in [1.29, 1.82) is 0 Å². The Hall–Kier alpha value is -3.33. The Labute approximate surface area is 196 Å². The molecule has 1 heterocycles. The molecule has 0 aliphatic heterocycles. The molecule has 1 N–H and O–H groups in total. The fourth-order valence-corrected chi connectivity index (χ4v) is 4.45. The number of hydrogen-bond donors (Lipinski definition) is 1. The van der Waals surface area contributed by atoms with Crippen LogP contribution in [-0.2, 0) is 20.9 Å². The monoisotopic (exact) mass is 471 g/mol. The number of nitrogens with one attached hydrogen (secondary N) is 1. The second-order valence-electron chi connectivity index (χ2n) is 8.61. The number of carbonyl (C=O) groups is 1. The van der Waals surface area contributed by atoms with Gasteiger partial charge in [-0.3, -0.25) is 4.79 Å². The van der Waals surface area contributed by atoms with E-state index in [-0.39, 0.29) is 37.3 Å². The lowest BCUT2D eigenvalue weighted by Crippen LogP contribution is -2.30. The highest BCUT2D eigenvalue weighted by Gasteiger charge is 2.63. The van der Waals surface area contributed by atoms with Gasteiger partial charge in [-0.1, -0.05) is 6.07 Å². The van der Waals surface area contributed by atoms with Crippen LogP contribution in [-0.4, -0.2) is 36.7 Å². The Kier molecular flexibility index (Phi) is 6.92. The molecule has 1 fully saturated rings. The van der Waals surface area contributed by atoms with Crippen LogP contribution in [0.1, 0.15) is 24.4 Å². The zero-order valence-corrected chi connectivity index (χ0v) is 19.3. The molecule has 1 aromatic carbocycles. The third kappa shape index (κ3) is 5.09. The standard InChI is InChI=1S/C25H27F2N3O4/c1-15-28-12-23(22(29-15)13-32-2)34-14-25(16-7-18(27)10-20(8-16)33-3)11-21(25)24(31)30-19-6-4-5-17(26)9-19/h4-6,8-10,12,16,21H,7,11,13-14H2,1-3H3,(H,30,31)/t16?,21-,25+/m0/s1. The van der Waals surface area contributed by atoms with E-state index in [4.69, 9.17) is 14.2 Å². The minimum atomic E-state index is -0.679. The van der Waals surface area contributed by atoms with Crippen LogP contribution in [0.3, 0.4) is 0 Å². The second kappa shape index (κ2) is 9.89. The molecule has 3 atom stereocenters. The van der Waals surface area contributed by atoms with Crippen LogP contribution in [0.15, 0.2) is 54.2 Å². The number of nitrogens with zero attached hydrogens (tertiary/aromatic N) is 2. The molecule has 2 aromatic rings. The van der Waals surface area contributed by atoms with Gasteiger partial charge in [0, 0.05) is 36.6 Å². The van der Waals surface area contributed by atoms with Crippen molar-refractivity contribution < 1.29 is 27.8 Å². The molecule has 1 saturated carbocycles. The molecular formula is C25H27F2N3O4. The summed E-state index contributed by atoms with van der Waals surface area (Å²) in [4.78, 5) is 21.7. The number of ether oxygens (including phenoxy) is 3. The van der Waals surface area contributed by atoms with Crippen LogP contribution < -0.4 is 10.1 Å². The zero-order chi connectivity index (χ0) is 24.3. The molecule has 1 aromatic heterocycles. The van der Waals surface area contributed by atoms with E-state index in [1.165, 1.54) is 31.4 Å². The molecule has 9 heteroatoms. The first-order valence-electron chi connectivity index (χ1n) is 11.0. The largest absolute Gasteiger partial charge is 0.497 e. The molecule has 34 heavy (non-hydrogen) atoms. The van der Waals surface area contributed by atoms with Crippen LogP contribution >= 0.6 is 0 Å². The summed E-state index contributed by atoms with van der Waals surface area (Å²) in [7, 11) is 3.04. The first-order chi connectivity index (χ1) is 16.3. The molecule has 180 valence electrons. The number of carbonyl (C=O) groups excluding carboxylic acids is 1. The van der Waals surface area contributed by atoms with Crippen LogP contribution in [0.5, 0.6) is 5.75 Å². The number of allylic oxidation sites excluding steroid dienone is 3. The highest BCUT2D eigenvalue weighted by atomic mass is 19.1. The van der Waals surface area contributed by atoms with Gasteiger partial charge in [-0.15, -0.1) is 0 Å². The Morgan fingerprint density at radius 3 is 2.85 bits per heavy atom. The van der Waals surface area contributed by atoms with Gasteiger partial charge in [0.1, 0.15) is 28.9 Å². The lowest BCUT2D eigenvalue weighted by atomic mass is 9.81. The maximum absolute atomic E-state index is 14.4. The van der Waals surface area contributed by atoms with Crippen molar-refractivity contribution in [1.82, 2.24) is 9.97 Å². The first kappa shape index (κ1) is 23.8. The minimum absolute atomic E-state index is 0.134. The Morgan fingerprint density at radius 1 is 1.29 bits per heavy atom. The van der Waals surface area contributed by atoms with Gasteiger partial charge in [0.25, 0.3) is 0 Å². The molecule has 1 amide bonds. The van der Waals surface area contributed by atoms with Gasteiger partial charge in [-0.2, -0.15) is 0 Å². The normalized spacial score (nSPS) is 23.6. The Morgan fingerprint density at radius 2 is 2.12 bits per heavy atom. The summed E-state index contributed by atoms with van der Waals surface area (Å²) in [5, 5.41) is 2.77. The van der Waals surface area contributed by atoms with Crippen LogP contribution in [0.25, 0.3) is 0 Å². The SMILES string of the molecule is COCc1nc(C)ncc1OC[C@@]1(C2C=C(OC)C=C(F)C2)C[C@H]1C(=O)Nc1cccc(F)c1. The average molecular weight is 472 g/mol. The number of anilines is 1. The van der Waals surface area contributed by atoms with Crippen LogP contribution in [0.2, 0.25) is 0 Å². The summed E-state index contributed by atoms with van der Waals surface area (Å²) in [6, 6.07) is 5.71. The second-order valence-corrected chi connectivity index (χ2v) is 8.61. The topological polar surface area (TPSA) is 82.6 Å². The maximum Gasteiger partial charge on any atom is 0.228 e. The fourth-order valence-electron chi connectivity index (χ4n) is 4.45. The van der Waals surface area contributed by atoms with Gasteiger partial charge in [0.2, 0.25) is 5.91 Å². The number of amides is 1. The predicted molar refractivity (Wildman–Crippen MR) is 121 cm³/mol. The summed E-state index contributed by atoms with van der Waals surface area (Å²) in [5.41, 5.74) is 0.278. The smallest absolute Gasteiger partial charge is 0.228 e. The molecule has 2 aliphatic rings. The van der Waals surface area contributed by atoms with Gasteiger partial charge in [0.05, 0.1) is 26.5 Å². The van der Waals surface area contributed by atoms with E-state index in [1.54, 1.807) is 26.3 Å². The maximum atomic E-state index is 14.4. The van der Waals surface area contributed by atoms with Crippen LogP contribution in [0, 0.1) is 30.0 Å². The van der Waals surface area contributed by atoms with Gasteiger partial charge in [-0.25, -0.2) is 18.7 Å². The highest BCUT2D eigenvalue weighted by Crippen LogP contribution is 2.61. The third-order valence-corrected chi connectivity index (χ3v) is 6.31. The molecule has 0 saturated heterocycles. The number of aromatic nitrogens is 2. The number of benzene rings is 1. The molecule has 0 spiro atoms. The van der Waals surface area contributed by atoms with E-state index in [2.05, 4.69) is 15.3 Å². The third-order valence-electron chi connectivity index (χ3n) is 6.31. The summed E-state index contributed by atoms with van der Waals surface area (Å²) in [6.45, 7) is 2.15. The van der Waals surface area contributed by atoms with Gasteiger partial charge in [-0.05, 0) is 43.5 Å². The Bertz CT molecular complexity index is 1140. The number of rotatable bonds is 9. The Balaban J connectivity index is 1.58. The summed E-state index contributed by atoms with van der Waals surface area (Å²) < 4.78 is 44.6. The molecule has 0 bridgehead atoms. The number of methoxy groups -OCH3 is 2. The van der Waals surface area contributed by atoms with E-state index < -0.39 is 17.2 Å². The van der Waals surface area contributed by atoms with Crippen molar-refractivity contribution in [3.05, 3.63) is 71.5 Å². The van der Waals surface area contributed by atoms with Crippen LogP contribution in [0.4, 0.5) is 14.5 Å². The molecule has 4 rings (SSSR count). The highest BCUT2D eigenvalue weighted by molar-refractivity contribution is 5.95. The van der Waals surface area contributed by atoms with E-state index in [0.717, 1.165) is 0 Å². The van der Waals surface area contributed by atoms with Gasteiger partial charge < -0.3 is 19.5 Å². The van der Waals surface area contributed by atoms with Crippen molar-refractivity contribution in [3.8, 4) is 5.75 Å². The average Bonchev–Trinajstić information content (AvgIpc) is 3.54. The zero-order valence-electron chi connectivity index (χ0n) is 19.3. The summed E-state index contributed by atoms with van der Waals surface area (Å²) >= 11 is 0. The lowest BCUT2D eigenvalue weighted by Gasteiger charge is -2.28. The number of halogens is 2.